The standard InChI is InChI=1S/C23H34N6.2ClH/c1-4-10-27-12-14-29(15-13-27)23-24-16-20-18-28(11-9-22(20)25-23)17-19-5-7-21(8-6-19)26(2)3;;/h5-8,16H,4,9-15,17-18H2,1-3H3;2*1H. The number of hydrogen-bond donors (Lipinski definition) is 0. The van der Waals surface area contributed by atoms with Crippen molar-refractivity contribution < 1.29 is 0 Å². The molecule has 3 heterocycles. The van der Waals surface area contributed by atoms with Crippen molar-refractivity contribution in [2.75, 3.05) is 63.2 Å². The fourth-order valence-corrected chi connectivity index (χ4v) is 4.30. The van der Waals surface area contributed by atoms with Crippen molar-refractivity contribution in [3.63, 3.8) is 0 Å². The van der Waals surface area contributed by atoms with Crippen LogP contribution in [0.3, 0.4) is 0 Å². The first-order valence-corrected chi connectivity index (χ1v) is 10.9. The molecule has 2 aromatic rings. The maximum Gasteiger partial charge on any atom is 0.225 e. The number of fused-ring (bicyclic) bond motifs is 1. The molecular formula is C23H36Cl2N6. The summed E-state index contributed by atoms with van der Waals surface area (Å²) in [7, 11) is 4.16. The Hall–Kier alpha value is -1.60. The maximum absolute atomic E-state index is 4.94. The molecule has 8 heteroatoms. The summed E-state index contributed by atoms with van der Waals surface area (Å²) in [5.41, 5.74) is 5.13. The molecule has 4 rings (SSSR count). The summed E-state index contributed by atoms with van der Waals surface area (Å²) in [4.78, 5) is 19.2. The summed E-state index contributed by atoms with van der Waals surface area (Å²) in [6.45, 7) is 10.7. The molecule has 0 aliphatic carbocycles. The average molecular weight is 467 g/mol. The number of halogens is 2. The van der Waals surface area contributed by atoms with Crippen LogP contribution in [-0.4, -0.2) is 73.1 Å². The third-order valence-corrected chi connectivity index (χ3v) is 6.05. The predicted molar refractivity (Wildman–Crippen MR) is 134 cm³/mol. The highest BCUT2D eigenvalue weighted by Gasteiger charge is 2.22. The van der Waals surface area contributed by atoms with Gasteiger partial charge in [-0.05, 0) is 30.7 Å². The molecule has 0 spiro atoms. The van der Waals surface area contributed by atoms with Crippen molar-refractivity contribution in [1.29, 1.82) is 0 Å². The molecule has 0 unspecified atom stereocenters. The van der Waals surface area contributed by atoms with Crippen LogP contribution in [0.25, 0.3) is 0 Å². The molecule has 0 atom stereocenters. The van der Waals surface area contributed by atoms with E-state index in [4.69, 9.17) is 9.97 Å². The fraction of sp³-hybridized carbons (Fsp3) is 0.565. The van der Waals surface area contributed by atoms with E-state index in [-0.39, 0.29) is 24.8 Å². The van der Waals surface area contributed by atoms with Gasteiger partial charge >= 0.3 is 0 Å². The average Bonchev–Trinajstić information content (AvgIpc) is 2.74. The lowest BCUT2D eigenvalue weighted by Crippen LogP contribution is -2.47. The van der Waals surface area contributed by atoms with Crippen molar-refractivity contribution in [2.45, 2.75) is 32.9 Å². The molecule has 6 nitrogen and oxygen atoms in total. The molecule has 0 saturated carbocycles. The third kappa shape index (κ3) is 6.45. The van der Waals surface area contributed by atoms with Gasteiger partial charge in [-0.25, -0.2) is 9.97 Å². The van der Waals surface area contributed by atoms with Crippen LogP contribution in [0.1, 0.15) is 30.2 Å². The molecule has 2 aliphatic heterocycles. The van der Waals surface area contributed by atoms with E-state index in [1.54, 1.807) is 0 Å². The maximum atomic E-state index is 4.94. The van der Waals surface area contributed by atoms with Crippen molar-refractivity contribution >= 4 is 36.4 Å². The number of benzene rings is 1. The Labute approximate surface area is 199 Å². The summed E-state index contributed by atoms with van der Waals surface area (Å²) < 4.78 is 0. The third-order valence-electron chi connectivity index (χ3n) is 6.05. The number of anilines is 2. The Bertz CT molecular complexity index is 806. The smallest absolute Gasteiger partial charge is 0.225 e. The molecule has 1 fully saturated rings. The van der Waals surface area contributed by atoms with E-state index in [2.05, 4.69) is 71.1 Å². The molecule has 0 radical (unpaired) electrons. The van der Waals surface area contributed by atoms with Gasteiger partial charge in [0.15, 0.2) is 0 Å². The van der Waals surface area contributed by atoms with E-state index < -0.39 is 0 Å². The van der Waals surface area contributed by atoms with E-state index in [0.29, 0.717) is 0 Å². The summed E-state index contributed by atoms with van der Waals surface area (Å²) in [6.07, 6.45) is 4.31. The van der Waals surface area contributed by atoms with Crippen molar-refractivity contribution in [2.24, 2.45) is 0 Å². The van der Waals surface area contributed by atoms with Crippen LogP contribution in [0.15, 0.2) is 30.5 Å². The zero-order valence-corrected chi connectivity index (χ0v) is 20.6. The van der Waals surface area contributed by atoms with Crippen molar-refractivity contribution in [3.05, 3.63) is 47.3 Å². The highest BCUT2D eigenvalue weighted by atomic mass is 35.5. The molecular weight excluding hydrogens is 431 g/mol. The van der Waals surface area contributed by atoms with Gasteiger partial charge in [0.25, 0.3) is 0 Å². The first-order valence-electron chi connectivity index (χ1n) is 10.9. The Kier molecular flexibility index (Phi) is 9.82. The second-order valence-electron chi connectivity index (χ2n) is 8.49. The van der Waals surface area contributed by atoms with Gasteiger partial charge in [-0.15, -0.1) is 24.8 Å². The van der Waals surface area contributed by atoms with Gasteiger partial charge in [-0.1, -0.05) is 19.1 Å². The number of nitrogens with zero attached hydrogens (tertiary/aromatic N) is 6. The number of rotatable bonds is 6. The molecule has 0 amide bonds. The molecule has 1 aromatic carbocycles. The largest absolute Gasteiger partial charge is 0.378 e. The van der Waals surface area contributed by atoms with Gasteiger partial charge < -0.3 is 9.80 Å². The zero-order chi connectivity index (χ0) is 20.2. The minimum Gasteiger partial charge on any atom is -0.378 e. The second kappa shape index (κ2) is 11.9. The number of hydrogen-bond acceptors (Lipinski definition) is 6. The first kappa shape index (κ1) is 25.7. The quantitative estimate of drug-likeness (QED) is 0.648. The van der Waals surface area contributed by atoms with E-state index in [1.165, 1.54) is 35.5 Å². The van der Waals surface area contributed by atoms with Gasteiger partial charge in [0.05, 0.1) is 5.69 Å². The summed E-state index contributed by atoms with van der Waals surface area (Å²) in [5, 5.41) is 0. The fourth-order valence-electron chi connectivity index (χ4n) is 4.30. The molecule has 1 aromatic heterocycles. The van der Waals surface area contributed by atoms with E-state index in [1.807, 2.05) is 0 Å². The lowest BCUT2D eigenvalue weighted by molar-refractivity contribution is 0.242. The monoisotopic (exact) mass is 466 g/mol. The van der Waals surface area contributed by atoms with Crippen molar-refractivity contribution in [3.8, 4) is 0 Å². The first-order chi connectivity index (χ1) is 14.1. The number of aromatic nitrogens is 2. The van der Waals surface area contributed by atoms with Crippen LogP contribution >= 0.6 is 24.8 Å². The lowest BCUT2D eigenvalue weighted by atomic mass is 10.1. The van der Waals surface area contributed by atoms with Crippen LogP contribution < -0.4 is 9.80 Å². The van der Waals surface area contributed by atoms with E-state index in [0.717, 1.165) is 58.2 Å². The topological polar surface area (TPSA) is 38.7 Å². The summed E-state index contributed by atoms with van der Waals surface area (Å²) in [5.74, 6) is 0.924. The molecule has 1 saturated heterocycles. The minimum absolute atomic E-state index is 0. The Morgan fingerprint density at radius 3 is 2.29 bits per heavy atom. The molecule has 0 bridgehead atoms. The SMILES string of the molecule is CCCN1CCN(c2ncc3c(n2)CCN(Cc2ccc(N(C)C)cc2)C3)CC1.Cl.Cl. The Morgan fingerprint density at radius 2 is 1.65 bits per heavy atom. The summed E-state index contributed by atoms with van der Waals surface area (Å²) in [6, 6.07) is 8.87. The van der Waals surface area contributed by atoms with Crippen molar-refractivity contribution in [1.82, 2.24) is 19.8 Å². The van der Waals surface area contributed by atoms with Gasteiger partial charge in [-0.3, -0.25) is 9.80 Å². The van der Waals surface area contributed by atoms with Gasteiger partial charge in [0, 0.05) is 83.8 Å². The molecule has 2 aliphatic rings. The Balaban J connectivity index is 0.00000171. The summed E-state index contributed by atoms with van der Waals surface area (Å²) >= 11 is 0. The zero-order valence-electron chi connectivity index (χ0n) is 19.0. The molecule has 0 N–H and O–H groups in total. The van der Waals surface area contributed by atoms with Gasteiger partial charge in [0.1, 0.15) is 0 Å². The molecule has 172 valence electrons. The highest BCUT2D eigenvalue weighted by Crippen LogP contribution is 2.22. The normalized spacial score (nSPS) is 16.8. The van der Waals surface area contributed by atoms with Crippen LogP contribution in [0.5, 0.6) is 0 Å². The van der Waals surface area contributed by atoms with Crippen LogP contribution in [0.4, 0.5) is 11.6 Å². The van der Waals surface area contributed by atoms with Crippen LogP contribution in [0, 0.1) is 0 Å². The van der Waals surface area contributed by atoms with Crippen LogP contribution in [-0.2, 0) is 19.5 Å². The molecule has 31 heavy (non-hydrogen) atoms. The minimum atomic E-state index is 0. The van der Waals surface area contributed by atoms with E-state index in [9.17, 15) is 0 Å². The number of piperazine rings is 1. The van der Waals surface area contributed by atoms with Gasteiger partial charge in [-0.2, -0.15) is 0 Å². The van der Waals surface area contributed by atoms with E-state index >= 15 is 0 Å². The Morgan fingerprint density at radius 1 is 0.935 bits per heavy atom. The lowest BCUT2D eigenvalue weighted by Gasteiger charge is -2.35. The predicted octanol–water partition coefficient (Wildman–Crippen LogP) is 3.48. The van der Waals surface area contributed by atoms with Crippen LogP contribution in [0.2, 0.25) is 0 Å². The second-order valence-corrected chi connectivity index (χ2v) is 8.49. The van der Waals surface area contributed by atoms with Gasteiger partial charge in [0.2, 0.25) is 5.95 Å². The highest BCUT2D eigenvalue weighted by molar-refractivity contribution is 5.85.